The summed E-state index contributed by atoms with van der Waals surface area (Å²) in [7, 11) is 0. The van der Waals surface area contributed by atoms with Gasteiger partial charge in [0.2, 0.25) is 0 Å². The number of hydrogen-bond acceptors (Lipinski definition) is 3. The van der Waals surface area contributed by atoms with Crippen LogP contribution in [0.3, 0.4) is 0 Å². The van der Waals surface area contributed by atoms with Crippen molar-refractivity contribution in [3.63, 3.8) is 0 Å². The molecule has 0 heterocycles. The molecule has 0 aliphatic heterocycles. The predicted molar refractivity (Wildman–Crippen MR) is 40.7 cm³/mol. The Morgan fingerprint density at radius 2 is 1.25 bits per heavy atom. The normalized spacial score (nSPS) is 7.83. The molecule has 0 fully saturated rings. The van der Waals surface area contributed by atoms with Crippen LogP contribution < -0.4 is 0 Å². The number of esters is 2. The Morgan fingerprint density at radius 3 is 1.42 bits per heavy atom. The molecule has 0 aromatic heterocycles. The van der Waals surface area contributed by atoms with Gasteiger partial charge in [0.1, 0.15) is 0 Å². The average Bonchev–Trinajstić information content (AvgIpc) is 1.87. The molecule has 0 spiro atoms. The summed E-state index contributed by atoms with van der Waals surface area (Å²) in [5, 5.41) is 0. The van der Waals surface area contributed by atoms with Gasteiger partial charge in [0.15, 0.2) is 0 Å². The van der Waals surface area contributed by atoms with Crippen LogP contribution in [0.2, 0.25) is 0 Å². The summed E-state index contributed by atoms with van der Waals surface area (Å²) in [6.45, 7) is 9.55. The third kappa shape index (κ3) is 4.88. The largest absolute Gasteiger partial charge is 0.386 e. The average molecular weight is 218 g/mol. The van der Waals surface area contributed by atoms with Crippen LogP contribution in [0, 0.1) is 0 Å². The van der Waals surface area contributed by atoms with Crippen molar-refractivity contribution in [1.82, 2.24) is 0 Å². The first kappa shape index (κ1) is 13.7. The maximum atomic E-state index is 10.7. The van der Waals surface area contributed by atoms with Crippen LogP contribution in [0.5, 0.6) is 0 Å². The zero-order valence-corrected chi connectivity index (χ0v) is 7.88. The summed E-state index contributed by atoms with van der Waals surface area (Å²) >= 11 is 0. The molecule has 0 aliphatic rings. The maximum absolute atomic E-state index is 10.7. The number of carbonyl (C=O) groups excluding carboxylic acids is 2. The maximum Gasteiger partial charge on any atom is 0.340 e. The van der Waals surface area contributed by atoms with E-state index >= 15 is 0 Å². The van der Waals surface area contributed by atoms with E-state index < -0.39 is 11.9 Å². The third-order valence-corrected chi connectivity index (χ3v) is 0.882. The van der Waals surface area contributed by atoms with Gasteiger partial charge in [0, 0.05) is 28.2 Å². The monoisotopic (exact) mass is 217 g/mol. The Labute approximate surface area is 81.9 Å². The second-order valence-corrected chi connectivity index (χ2v) is 2.24. The minimum absolute atomic E-state index is 0. The van der Waals surface area contributed by atoms with Crippen LogP contribution in [-0.2, 0) is 31.4 Å². The molecule has 0 N–H and O–H groups in total. The Balaban J connectivity index is 0. The summed E-state index contributed by atoms with van der Waals surface area (Å²) in [6.07, 6.45) is 0. The Bertz CT molecular complexity index is 206. The van der Waals surface area contributed by atoms with E-state index in [9.17, 15) is 9.59 Å². The van der Waals surface area contributed by atoms with Crippen molar-refractivity contribution in [2.24, 2.45) is 0 Å². The molecule has 0 rings (SSSR count). The van der Waals surface area contributed by atoms with Crippen LogP contribution in [0.25, 0.3) is 0 Å². The fourth-order valence-electron chi connectivity index (χ4n) is 0.258. The van der Waals surface area contributed by atoms with Crippen LogP contribution in [0.1, 0.15) is 13.8 Å². The summed E-state index contributed by atoms with van der Waals surface area (Å²) in [5.41, 5.74) is 0.388. The molecule has 0 amide bonds. The van der Waals surface area contributed by atoms with E-state index in [1.807, 2.05) is 0 Å². The smallest absolute Gasteiger partial charge is 0.340 e. The zero-order chi connectivity index (χ0) is 9.02. The standard InChI is InChI=1S/C8H10O3.Cu/c1-5(2)7(9)11-8(10)6(3)4;/h1,3H2,2,4H3;. The first-order valence-electron chi connectivity index (χ1n) is 3.02. The molecule has 3 nitrogen and oxygen atoms in total. The van der Waals surface area contributed by atoms with Crippen molar-refractivity contribution in [2.45, 2.75) is 13.8 Å². The molecular formula is C8H10CuO3. The molecule has 0 saturated carbocycles. The van der Waals surface area contributed by atoms with Gasteiger partial charge in [-0.2, -0.15) is 0 Å². The van der Waals surface area contributed by atoms with Crippen LogP contribution in [0.15, 0.2) is 24.3 Å². The summed E-state index contributed by atoms with van der Waals surface area (Å²) in [5.74, 6) is -1.42. The van der Waals surface area contributed by atoms with E-state index in [0.29, 0.717) is 0 Å². The molecule has 0 aromatic carbocycles. The second-order valence-electron chi connectivity index (χ2n) is 2.24. The Kier molecular flexibility index (Phi) is 6.57. The zero-order valence-electron chi connectivity index (χ0n) is 6.94. The van der Waals surface area contributed by atoms with Gasteiger partial charge in [-0.3, -0.25) is 0 Å². The molecule has 71 valence electrons. The second kappa shape index (κ2) is 5.75. The third-order valence-electron chi connectivity index (χ3n) is 0.882. The molecule has 0 bridgehead atoms. The van der Waals surface area contributed by atoms with Crippen LogP contribution in [0.4, 0.5) is 0 Å². The molecule has 0 unspecified atom stereocenters. The fraction of sp³-hybridized carbons (Fsp3) is 0.250. The van der Waals surface area contributed by atoms with Gasteiger partial charge >= 0.3 is 11.9 Å². The van der Waals surface area contributed by atoms with Gasteiger partial charge < -0.3 is 4.74 Å². The van der Waals surface area contributed by atoms with Gasteiger partial charge in [-0.25, -0.2) is 9.59 Å². The van der Waals surface area contributed by atoms with E-state index in [0.717, 1.165) is 0 Å². The van der Waals surface area contributed by atoms with Crippen molar-refractivity contribution >= 4 is 11.9 Å². The number of carbonyl (C=O) groups is 2. The summed E-state index contributed by atoms with van der Waals surface area (Å²) in [4.78, 5) is 21.3. The molecule has 0 atom stereocenters. The number of rotatable bonds is 2. The topological polar surface area (TPSA) is 43.4 Å². The van der Waals surface area contributed by atoms with Crippen LogP contribution in [-0.4, -0.2) is 11.9 Å². The van der Waals surface area contributed by atoms with Crippen molar-refractivity contribution in [2.75, 3.05) is 0 Å². The molecule has 0 saturated heterocycles. The first-order chi connectivity index (χ1) is 4.95. The van der Waals surface area contributed by atoms with Gasteiger partial charge in [0.05, 0.1) is 0 Å². The molecule has 0 aromatic rings. The van der Waals surface area contributed by atoms with E-state index in [-0.39, 0.29) is 28.2 Å². The van der Waals surface area contributed by atoms with Crippen molar-refractivity contribution in [3.05, 3.63) is 24.3 Å². The van der Waals surface area contributed by atoms with E-state index in [4.69, 9.17) is 0 Å². The minimum Gasteiger partial charge on any atom is -0.386 e. The molecular weight excluding hydrogens is 208 g/mol. The predicted octanol–water partition coefficient (Wildman–Crippen LogP) is 1.21. The molecule has 0 aliphatic carbocycles. The summed E-state index contributed by atoms with van der Waals surface area (Å²) in [6, 6.07) is 0. The number of ether oxygens (including phenoxy) is 1. The molecule has 12 heavy (non-hydrogen) atoms. The van der Waals surface area contributed by atoms with E-state index in [1.165, 1.54) is 13.8 Å². The fourth-order valence-corrected chi connectivity index (χ4v) is 0.258. The van der Waals surface area contributed by atoms with Gasteiger partial charge in [-0.1, -0.05) is 13.2 Å². The van der Waals surface area contributed by atoms with Crippen molar-refractivity contribution < 1.29 is 31.4 Å². The Hall–Kier alpha value is -0.861. The summed E-state index contributed by atoms with van der Waals surface area (Å²) < 4.78 is 4.30. The minimum atomic E-state index is -0.710. The van der Waals surface area contributed by atoms with Crippen molar-refractivity contribution in [3.8, 4) is 0 Å². The van der Waals surface area contributed by atoms with Gasteiger partial charge in [0.25, 0.3) is 0 Å². The SMILES string of the molecule is C=C(C)C(=O)OC(=O)C(=C)C.[Cu]. The van der Waals surface area contributed by atoms with Crippen molar-refractivity contribution in [1.29, 1.82) is 0 Å². The molecule has 1 radical (unpaired) electrons. The van der Waals surface area contributed by atoms with Gasteiger partial charge in [-0.05, 0) is 13.8 Å². The molecule has 4 heteroatoms. The van der Waals surface area contributed by atoms with Gasteiger partial charge in [-0.15, -0.1) is 0 Å². The quantitative estimate of drug-likeness (QED) is 0.302. The van der Waals surface area contributed by atoms with E-state index in [1.54, 1.807) is 0 Å². The first-order valence-corrected chi connectivity index (χ1v) is 3.02. The number of hydrogen-bond donors (Lipinski definition) is 0. The van der Waals surface area contributed by atoms with E-state index in [2.05, 4.69) is 17.9 Å². The van der Waals surface area contributed by atoms with Crippen LogP contribution >= 0.6 is 0 Å². The Morgan fingerprint density at radius 1 is 1.00 bits per heavy atom.